The second-order valence-electron chi connectivity index (χ2n) is 11.3. The van der Waals surface area contributed by atoms with Crippen molar-refractivity contribution in [2.24, 2.45) is 9.98 Å². The van der Waals surface area contributed by atoms with Crippen molar-refractivity contribution in [2.45, 2.75) is 27.7 Å². The average molecular weight is 936 g/mol. The molecule has 0 aliphatic heterocycles. The van der Waals surface area contributed by atoms with Crippen molar-refractivity contribution in [2.75, 3.05) is 67.5 Å². The van der Waals surface area contributed by atoms with Gasteiger partial charge in [0.2, 0.25) is 12.8 Å². The van der Waals surface area contributed by atoms with Gasteiger partial charge in [-0.25, -0.2) is 0 Å². The summed E-state index contributed by atoms with van der Waals surface area (Å²) in [5.74, 6) is 0.0896. The minimum Gasteiger partial charge on any atom is -0.872 e. The van der Waals surface area contributed by atoms with Gasteiger partial charge in [-0.2, -0.15) is 10.3 Å². The van der Waals surface area contributed by atoms with Gasteiger partial charge in [0, 0.05) is 52.7 Å². The number of fused-ring (bicyclic) bond motifs is 2. The maximum atomic E-state index is 12.1. The summed E-state index contributed by atoms with van der Waals surface area (Å²) in [6.07, 6.45) is 1.50. The van der Waals surface area contributed by atoms with Crippen LogP contribution in [0, 0.1) is 0 Å². The van der Waals surface area contributed by atoms with E-state index in [2.05, 4.69) is 58.9 Å². The average Bonchev–Trinajstić information content (AvgIpc) is 3.16. The second kappa shape index (κ2) is 42.4. The van der Waals surface area contributed by atoms with E-state index in [1.165, 1.54) is 20.1 Å². The second-order valence-corrected chi connectivity index (χ2v) is 11.6. The molecule has 18 heteroatoms. The number of nitrogens with zero attached hydrogens (tertiary/aromatic N) is 6. The zero-order valence-corrected chi connectivity index (χ0v) is 37.6. The predicted molar refractivity (Wildman–Crippen MR) is 237 cm³/mol. The normalized spacial score (nSPS) is 9.31. The van der Waals surface area contributed by atoms with Gasteiger partial charge in [0.1, 0.15) is 0 Å². The van der Waals surface area contributed by atoms with Gasteiger partial charge in [-0.1, -0.05) is 123 Å². The number of nitrogens with one attached hydrogen (secondary N) is 2. The van der Waals surface area contributed by atoms with E-state index in [1.54, 1.807) is 40.3 Å². The topological polar surface area (TPSA) is 243 Å². The van der Waals surface area contributed by atoms with Crippen LogP contribution in [-0.4, -0.2) is 123 Å². The van der Waals surface area contributed by atoms with Crippen LogP contribution in [0.5, 0.6) is 11.5 Å². The maximum absolute atomic E-state index is 12.1. The SMILES string of the molecule is CCNCCN=C(C)c1c([O-])ccc2ccccc12.CCNCCN=C(C)c1c([O-])ccc2ccccc12.CN(C)C=O.CN(C)C=O.O.O.[Cu+2].[Cu+2].[N-]=C=S.[N-]=C=S. The number of isothiocyanates is 2. The fraction of sp³-hybridized carbons (Fsp3) is 0.350. The molecule has 326 valence electrons. The summed E-state index contributed by atoms with van der Waals surface area (Å²) < 4.78 is 0. The Hall–Kier alpha value is -4.24. The van der Waals surface area contributed by atoms with E-state index in [0.29, 0.717) is 13.1 Å². The third-order valence-electron chi connectivity index (χ3n) is 6.70. The summed E-state index contributed by atoms with van der Waals surface area (Å²) in [4.78, 5) is 30.7. The molecule has 0 aromatic heterocycles. The molecule has 14 nitrogen and oxygen atoms in total. The smallest absolute Gasteiger partial charge is 0.872 e. The van der Waals surface area contributed by atoms with Gasteiger partial charge in [0.05, 0.1) is 13.1 Å². The van der Waals surface area contributed by atoms with Gasteiger partial charge in [-0.3, -0.25) is 19.6 Å². The molecule has 0 saturated heterocycles. The van der Waals surface area contributed by atoms with Crippen LogP contribution in [0.4, 0.5) is 0 Å². The zero-order valence-electron chi connectivity index (χ0n) is 34.1. The van der Waals surface area contributed by atoms with E-state index >= 15 is 0 Å². The van der Waals surface area contributed by atoms with Gasteiger partial charge in [0.15, 0.2) is 0 Å². The molecule has 0 spiro atoms. The van der Waals surface area contributed by atoms with Crippen LogP contribution < -0.4 is 20.8 Å². The number of likely N-dealkylation sites (N-methyl/N-ethyl adjacent to an activating group) is 2. The fourth-order valence-corrected chi connectivity index (χ4v) is 4.37. The largest absolute Gasteiger partial charge is 2.00 e. The molecule has 4 aromatic carbocycles. The van der Waals surface area contributed by atoms with Gasteiger partial charge < -0.3 is 52.4 Å². The van der Waals surface area contributed by atoms with Crippen LogP contribution >= 0.6 is 24.4 Å². The summed E-state index contributed by atoms with van der Waals surface area (Å²) in [6, 6.07) is 22.9. The van der Waals surface area contributed by atoms with E-state index in [4.69, 9.17) is 10.8 Å². The molecule has 2 radical (unpaired) electrons. The van der Waals surface area contributed by atoms with Crippen molar-refractivity contribution in [3.05, 3.63) is 94.7 Å². The summed E-state index contributed by atoms with van der Waals surface area (Å²) >= 11 is 7.40. The van der Waals surface area contributed by atoms with E-state index < -0.39 is 0 Å². The quantitative estimate of drug-likeness (QED) is 0.0696. The number of hydrogen-bond acceptors (Lipinski definition) is 10. The molecule has 58 heavy (non-hydrogen) atoms. The van der Waals surface area contributed by atoms with E-state index in [-0.39, 0.29) is 56.6 Å². The Morgan fingerprint density at radius 1 is 0.655 bits per heavy atom. The Bertz CT molecular complexity index is 1690. The van der Waals surface area contributed by atoms with Crippen LogP contribution in [0.1, 0.15) is 38.8 Å². The molecule has 0 aliphatic carbocycles. The van der Waals surface area contributed by atoms with Crippen LogP contribution in [-0.2, 0) is 43.7 Å². The van der Waals surface area contributed by atoms with E-state index in [0.717, 1.165) is 83.1 Å². The number of carbonyl (C=O) groups excluding carboxylic acids is 2. The first-order chi connectivity index (χ1) is 25.8. The zero-order chi connectivity index (χ0) is 41.3. The Morgan fingerprint density at radius 2 is 0.931 bits per heavy atom. The van der Waals surface area contributed by atoms with Crippen molar-refractivity contribution in [3.8, 4) is 11.5 Å². The molecule has 0 fully saturated rings. The van der Waals surface area contributed by atoms with Crippen LogP contribution in [0.2, 0.25) is 0 Å². The molecule has 0 atom stereocenters. The van der Waals surface area contributed by atoms with Crippen LogP contribution in [0.15, 0.2) is 82.8 Å². The number of hydrogen-bond donors (Lipinski definition) is 2. The maximum Gasteiger partial charge on any atom is 2.00 e. The van der Waals surface area contributed by atoms with Crippen molar-refractivity contribution in [1.82, 2.24) is 20.4 Å². The number of benzene rings is 4. The minimum atomic E-state index is 0. The first kappa shape index (κ1) is 65.6. The Balaban J connectivity index is -0.000000162. The summed E-state index contributed by atoms with van der Waals surface area (Å²) in [6.45, 7) is 12.9. The number of carbonyl (C=O) groups is 2. The molecule has 0 aliphatic rings. The van der Waals surface area contributed by atoms with Crippen molar-refractivity contribution in [3.63, 3.8) is 0 Å². The molecule has 0 bridgehead atoms. The van der Waals surface area contributed by atoms with E-state index in [1.807, 2.05) is 74.5 Å². The molecular weight excluding hydrogens is 880 g/mol. The van der Waals surface area contributed by atoms with Gasteiger partial charge in [0.25, 0.3) is 0 Å². The molecule has 4 aromatic rings. The Kier molecular flexibility index (Phi) is 47.9. The molecule has 0 saturated carbocycles. The van der Waals surface area contributed by atoms with Gasteiger partial charge >= 0.3 is 34.1 Å². The Morgan fingerprint density at radius 3 is 1.19 bits per heavy atom. The van der Waals surface area contributed by atoms with Gasteiger partial charge in [-0.05, 0) is 59.6 Å². The number of aliphatic imine (C=N–C) groups is 2. The molecule has 0 heterocycles. The number of rotatable bonds is 12. The van der Waals surface area contributed by atoms with Crippen molar-refractivity contribution >= 4 is 80.5 Å². The minimum absolute atomic E-state index is 0. The predicted octanol–water partition coefficient (Wildman–Crippen LogP) is 3.74. The standard InChI is InChI=1S/2C16H20N2O.2C3H7NO.2CNS.2Cu.2H2O/c2*1-3-17-10-11-18-12(2)16-14-7-5-4-6-13(14)8-9-15(16)19;2*1-4(2)3-5;2*2-1-3;;;;/h2*4-9,17,19H,3,10-11H2,1-2H3;2*3H,1-2H3;;;;;2*1H2/q;;;;2*-1;2*+2;;/p-2. The first-order valence-corrected chi connectivity index (χ1v) is 17.7. The molecule has 4 rings (SSSR count). The van der Waals surface area contributed by atoms with E-state index in [9.17, 15) is 19.8 Å². The molecule has 0 unspecified atom stereocenters. The fourth-order valence-electron chi connectivity index (χ4n) is 4.37. The van der Waals surface area contributed by atoms with Crippen LogP contribution in [0.25, 0.3) is 32.4 Å². The van der Waals surface area contributed by atoms with Crippen LogP contribution in [0.3, 0.4) is 0 Å². The summed E-state index contributed by atoms with van der Waals surface area (Å²) in [7, 11) is 6.75. The third-order valence-corrected chi connectivity index (χ3v) is 6.70. The summed E-state index contributed by atoms with van der Waals surface area (Å²) in [5, 5.41) is 51.6. The summed E-state index contributed by atoms with van der Waals surface area (Å²) in [5.41, 5.74) is 3.10. The van der Waals surface area contributed by atoms with Gasteiger partial charge in [-0.15, -0.1) is 0 Å². The number of amides is 2. The van der Waals surface area contributed by atoms with Crippen molar-refractivity contribution in [1.29, 1.82) is 0 Å². The Labute approximate surface area is 375 Å². The first-order valence-electron chi connectivity index (χ1n) is 16.9. The third kappa shape index (κ3) is 29.0. The number of thiocarbonyl (C=S) groups is 2. The molecule has 2 amide bonds. The molecule has 6 N–H and O–H groups in total. The monoisotopic (exact) mass is 934 g/mol. The van der Waals surface area contributed by atoms with Crippen molar-refractivity contribution < 1.29 is 64.9 Å². The molecular formula is C40H56Cu2N8O6S2.